The second-order valence-corrected chi connectivity index (χ2v) is 22.0. The number of urea groups is 4. The zero-order valence-corrected chi connectivity index (χ0v) is 53.2. The molecule has 2 unspecified atom stereocenters. The molecule has 8 amide bonds. The van der Waals surface area contributed by atoms with Gasteiger partial charge in [-0.15, -0.1) is 19.3 Å². The fourth-order valence-electron chi connectivity index (χ4n) is 10.3. The Morgan fingerprint density at radius 3 is 1.27 bits per heavy atom. The van der Waals surface area contributed by atoms with Crippen molar-refractivity contribution in [2.75, 3.05) is 69.0 Å². The number of ether oxygens (including phenoxy) is 4. The number of hydrogen-bond donors (Lipinski definition) is 8. The number of nitrogens with one attached hydrogen (secondary N) is 8. The largest absolute Gasteiger partial charge is 0.461 e. The lowest BCUT2D eigenvalue weighted by atomic mass is 9.74. The molecule has 0 heterocycles. The Hall–Kier alpha value is -12.1. The first-order chi connectivity index (χ1) is 45.8. The van der Waals surface area contributed by atoms with E-state index in [9.17, 15) is 38.4 Å². The number of terminal acetylenes is 3. The van der Waals surface area contributed by atoms with Gasteiger partial charge in [-0.2, -0.15) is 0 Å². The second kappa shape index (κ2) is 34.4. The number of carbonyl (C=O) groups excluding carboxylic acids is 8. The Morgan fingerprint density at radius 2 is 0.832 bits per heavy atom. The van der Waals surface area contributed by atoms with Crippen molar-refractivity contribution in [2.45, 2.75) is 83.5 Å². The van der Waals surface area contributed by atoms with Gasteiger partial charge in [-0.1, -0.05) is 119 Å². The summed E-state index contributed by atoms with van der Waals surface area (Å²) in [7, 11) is 0. The number of esters is 4. The predicted octanol–water partition coefficient (Wildman–Crippen LogP) is 14.9. The van der Waals surface area contributed by atoms with Crippen molar-refractivity contribution < 1.29 is 57.3 Å². The summed E-state index contributed by atoms with van der Waals surface area (Å²) < 4.78 is 22.9. The zero-order valence-electron chi connectivity index (χ0n) is 53.2. The molecular formula is C75H74N8O12. The summed E-state index contributed by atoms with van der Waals surface area (Å²) in [6, 6.07) is 39.7. The molecule has 8 N–H and O–H groups in total. The van der Waals surface area contributed by atoms with Crippen LogP contribution in [-0.2, 0) is 39.4 Å². The quantitative estimate of drug-likeness (QED) is 0.00985. The molecule has 0 aliphatic heterocycles. The third kappa shape index (κ3) is 20.2. The molecule has 7 aromatic carbocycles. The first-order valence-electron chi connectivity index (χ1n) is 30.7. The lowest BCUT2D eigenvalue weighted by molar-refractivity contribution is -0.152. The van der Waals surface area contributed by atoms with Crippen LogP contribution in [0.5, 0.6) is 0 Å². The molecule has 20 nitrogen and oxygen atoms in total. The van der Waals surface area contributed by atoms with Gasteiger partial charge in [0.15, 0.2) is 0 Å². The van der Waals surface area contributed by atoms with Crippen LogP contribution in [0.4, 0.5) is 64.7 Å². The average molecular weight is 1280 g/mol. The van der Waals surface area contributed by atoms with Crippen molar-refractivity contribution in [1.82, 2.24) is 0 Å². The van der Waals surface area contributed by atoms with Crippen molar-refractivity contribution in [2.24, 2.45) is 0 Å². The lowest BCUT2D eigenvalue weighted by Crippen LogP contribution is -2.38. The number of amides is 8. The van der Waals surface area contributed by atoms with Gasteiger partial charge >= 0.3 is 48.0 Å². The maximum absolute atomic E-state index is 14.5. The molecule has 0 bridgehead atoms. The van der Waals surface area contributed by atoms with E-state index < -0.39 is 58.8 Å². The molecule has 7 rings (SSSR count). The molecule has 0 saturated heterocycles. The van der Waals surface area contributed by atoms with E-state index in [1.54, 1.807) is 134 Å². The van der Waals surface area contributed by atoms with Crippen LogP contribution >= 0.6 is 0 Å². The summed E-state index contributed by atoms with van der Waals surface area (Å²) >= 11 is 0. The van der Waals surface area contributed by atoms with Crippen LogP contribution < -0.4 is 42.5 Å². The van der Waals surface area contributed by atoms with E-state index in [1.807, 2.05) is 26.8 Å². The van der Waals surface area contributed by atoms with Gasteiger partial charge in [0, 0.05) is 62.2 Å². The minimum absolute atomic E-state index is 0.0660. The Morgan fingerprint density at radius 1 is 0.421 bits per heavy atom. The van der Waals surface area contributed by atoms with Crippen LogP contribution in [0.2, 0.25) is 0 Å². The van der Waals surface area contributed by atoms with Gasteiger partial charge in [-0.25, -0.2) is 28.8 Å². The molecule has 0 aliphatic carbocycles. The summed E-state index contributed by atoms with van der Waals surface area (Å²) in [4.78, 5) is 109. The highest BCUT2D eigenvalue weighted by molar-refractivity contribution is 6.05. The van der Waals surface area contributed by atoms with E-state index in [-0.39, 0.29) is 66.7 Å². The number of carbonyl (C=O) groups is 8. The van der Waals surface area contributed by atoms with Crippen molar-refractivity contribution >= 4 is 99.6 Å². The molecule has 0 saturated carbocycles. The molecule has 0 aliphatic rings. The van der Waals surface area contributed by atoms with E-state index in [1.165, 1.54) is 30.3 Å². The molecule has 0 spiro atoms. The van der Waals surface area contributed by atoms with Crippen LogP contribution in [-0.4, -0.2) is 74.4 Å². The highest BCUT2D eigenvalue weighted by atomic mass is 16.6. The molecule has 0 aromatic heterocycles. The van der Waals surface area contributed by atoms with Crippen molar-refractivity contribution in [3.8, 4) is 37.0 Å². The van der Waals surface area contributed by atoms with E-state index in [4.69, 9.17) is 38.2 Å². The molecule has 7 aromatic rings. The number of hydrogen-bond acceptors (Lipinski definition) is 12. The summed E-state index contributed by atoms with van der Waals surface area (Å²) in [5.74, 6) is 4.65. The van der Waals surface area contributed by atoms with Gasteiger partial charge < -0.3 is 61.5 Å². The van der Waals surface area contributed by atoms with Gasteiger partial charge in [-0.3, -0.25) is 9.59 Å². The Bertz CT molecular complexity index is 4030. The van der Waals surface area contributed by atoms with E-state index in [2.05, 4.69) is 66.9 Å². The summed E-state index contributed by atoms with van der Waals surface area (Å²) in [6.45, 7) is 9.77. The van der Waals surface area contributed by atoms with E-state index in [0.717, 1.165) is 18.4 Å². The summed E-state index contributed by atoms with van der Waals surface area (Å²) in [5, 5.41) is 21.9. The van der Waals surface area contributed by atoms with Crippen molar-refractivity contribution in [3.05, 3.63) is 209 Å². The summed E-state index contributed by atoms with van der Waals surface area (Å²) in [6.07, 6.45) is 22.0. The molecule has 20 heteroatoms. The fourth-order valence-corrected chi connectivity index (χ4v) is 10.3. The zero-order chi connectivity index (χ0) is 68.3. The van der Waals surface area contributed by atoms with E-state index in [0.29, 0.717) is 76.3 Å². The van der Waals surface area contributed by atoms with Gasteiger partial charge in [0.2, 0.25) is 0 Å². The average Bonchev–Trinajstić information content (AvgIpc) is 0.821. The SMILES string of the molecule is C#Cc1cccc(NC(=O)Nc2cc(NC(=O)Nc3cccc(C=C)c3)cc(C(=O)OCCOC(=O)C(CC)(CCC)c3cccc(C(=O)OCCOC(=O)C(C)(CCCCC)c4cc(NC(=O)Nc5cccc(C#C)c5)cc(NC(=O)Nc5cccc(C#C)c5)c4)c3)c2)c1. The molecule has 2 atom stereocenters. The lowest BCUT2D eigenvalue weighted by Gasteiger charge is -2.31. The monoisotopic (exact) mass is 1280 g/mol. The molecule has 486 valence electrons. The summed E-state index contributed by atoms with van der Waals surface area (Å²) in [5.41, 5.74) is 3.12. The Kier molecular flexibility index (Phi) is 25.5. The maximum atomic E-state index is 14.5. The van der Waals surface area contributed by atoms with Crippen molar-refractivity contribution in [3.63, 3.8) is 0 Å². The Balaban J connectivity index is 1.00. The van der Waals surface area contributed by atoms with Gasteiger partial charge in [0.05, 0.1) is 22.0 Å². The van der Waals surface area contributed by atoms with Crippen LogP contribution in [0.3, 0.4) is 0 Å². The number of anilines is 8. The van der Waals surface area contributed by atoms with Crippen molar-refractivity contribution in [1.29, 1.82) is 0 Å². The fraction of sp³-hybridized carbons (Fsp3) is 0.227. The third-order valence-corrected chi connectivity index (χ3v) is 15.2. The number of benzene rings is 7. The molecule has 0 radical (unpaired) electrons. The van der Waals surface area contributed by atoms with Crippen LogP contribution in [0, 0.1) is 37.0 Å². The normalized spacial score (nSPS) is 11.7. The predicted molar refractivity (Wildman–Crippen MR) is 370 cm³/mol. The van der Waals surface area contributed by atoms with Gasteiger partial charge in [-0.05, 0) is 158 Å². The smallest absolute Gasteiger partial charge is 0.338 e. The van der Waals surface area contributed by atoms with Crippen LogP contribution in [0.15, 0.2) is 164 Å². The number of rotatable bonds is 28. The Labute approximate surface area is 552 Å². The standard InChI is InChI=1S/C75H74N8O12/c1-9-16-17-34-74(8,57-46-64(82-72(90)78-60-31-20-25-52(13-5)41-60)49-65(47-57)83-73(91)79-61-32-21-26-53(14-6)42-61)68(86)94-37-35-92-66(84)54-27-22-28-56(43-54)75(15-7,33-10-2)69(87)95-38-36-93-67(85)55-44-62(80-70(88)76-58-29-18-23-50(11-3)39-58)48-63(45-55)81-71(89)77-59-30-19-24-51(12-4)40-59/h3,5-6,12,18-32,39-49H,4,9-10,15-17,33-38H2,1-2,7-8H3,(H2,76,80,88)(H2,77,81,89)(H2,78,82,90)(H2,79,83,91). The van der Waals surface area contributed by atoms with Gasteiger partial charge in [0.1, 0.15) is 26.4 Å². The molecule has 95 heavy (non-hydrogen) atoms. The first-order valence-corrected chi connectivity index (χ1v) is 30.7. The minimum Gasteiger partial charge on any atom is -0.461 e. The van der Waals surface area contributed by atoms with E-state index >= 15 is 0 Å². The molecule has 0 fully saturated rings. The maximum Gasteiger partial charge on any atom is 0.338 e. The van der Waals surface area contributed by atoms with Crippen LogP contribution in [0.25, 0.3) is 6.08 Å². The van der Waals surface area contributed by atoms with Gasteiger partial charge in [0.25, 0.3) is 0 Å². The highest BCUT2D eigenvalue weighted by Crippen LogP contribution is 2.37. The van der Waals surface area contributed by atoms with Crippen LogP contribution in [0.1, 0.15) is 127 Å². The second-order valence-electron chi connectivity index (χ2n) is 22.0. The first kappa shape index (κ1) is 70.4. The molecular weight excluding hydrogens is 1200 g/mol. The highest BCUT2D eigenvalue weighted by Gasteiger charge is 2.40. The topological polar surface area (TPSA) is 270 Å². The third-order valence-electron chi connectivity index (χ3n) is 15.2. The number of unbranched alkanes of at least 4 members (excludes halogenated alkanes) is 2. The minimum atomic E-state index is -1.36.